The highest BCUT2D eigenvalue weighted by atomic mass is 16.7. The lowest BCUT2D eigenvalue weighted by molar-refractivity contribution is -0.190. The van der Waals surface area contributed by atoms with Gasteiger partial charge in [-0.2, -0.15) is 4.90 Å². The summed E-state index contributed by atoms with van der Waals surface area (Å²) in [6.07, 6.45) is 0. The van der Waals surface area contributed by atoms with Gasteiger partial charge in [-0.05, 0) is 29.3 Å². The Morgan fingerprint density at radius 2 is 1.50 bits per heavy atom. The van der Waals surface area contributed by atoms with Crippen molar-refractivity contribution in [2.24, 2.45) is 0 Å². The van der Waals surface area contributed by atoms with Gasteiger partial charge in [0.25, 0.3) is 11.8 Å². The molecule has 30 heavy (non-hydrogen) atoms. The minimum Gasteiger partial charge on any atom is -0.336 e. The highest BCUT2D eigenvalue weighted by Crippen LogP contribution is 2.38. The van der Waals surface area contributed by atoms with E-state index in [4.69, 9.17) is 4.84 Å². The molecule has 7 nitrogen and oxygen atoms in total. The number of amides is 4. The van der Waals surface area contributed by atoms with Crippen LogP contribution in [-0.2, 0) is 20.0 Å². The Labute approximate surface area is 172 Å². The molecule has 1 unspecified atom stereocenters. The Morgan fingerprint density at radius 3 is 2.20 bits per heavy atom. The molecular weight excluding hydrogens is 384 g/mol. The van der Waals surface area contributed by atoms with Crippen LogP contribution in [0.4, 0.5) is 4.79 Å². The van der Waals surface area contributed by atoms with Crippen molar-refractivity contribution >= 4 is 34.6 Å². The lowest BCUT2D eigenvalue weighted by Gasteiger charge is -2.29. The van der Waals surface area contributed by atoms with Gasteiger partial charge in [-0.3, -0.25) is 14.4 Å². The Hall–Kier alpha value is -4.00. The maximum absolute atomic E-state index is 13.4. The second kappa shape index (κ2) is 7.11. The van der Waals surface area contributed by atoms with E-state index < -0.39 is 29.4 Å². The number of urea groups is 1. The van der Waals surface area contributed by atoms with Crippen molar-refractivity contribution in [2.45, 2.75) is 19.4 Å². The van der Waals surface area contributed by atoms with E-state index in [1.165, 1.54) is 6.92 Å². The molecule has 0 spiro atoms. The van der Waals surface area contributed by atoms with E-state index in [9.17, 15) is 19.2 Å². The average molecular weight is 402 g/mol. The maximum atomic E-state index is 13.4. The summed E-state index contributed by atoms with van der Waals surface area (Å²) in [6, 6.07) is 19.6. The molecule has 0 aromatic heterocycles. The fourth-order valence-electron chi connectivity index (χ4n) is 3.65. The summed E-state index contributed by atoms with van der Waals surface area (Å²) in [7, 11) is 0. The van der Waals surface area contributed by atoms with Crippen LogP contribution < -0.4 is 0 Å². The average Bonchev–Trinajstić information content (AvgIpc) is 2.94. The SMILES string of the molecule is CC(=O)ON1C(=O)N(C(=O)c2cccc3ccccc23)C(=O)C1(C)c1ccccc1. The number of imide groups is 3. The van der Waals surface area contributed by atoms with Crippen molar-refractivity contribution in [3.8, 4) is 0 Å². The van der Waals surface area contributed by atoms with Gasteiger partial charge < -0.3 is 4.84 Å². The summed E-state index contributed by atoms with van der Waals surface area (Å²) in [4.78, 5) is 57.2. The highest BCUT2D eigenvalue weighted by molar-refractivity contribution is 6.24. The Balaban J connectivity index is 1.84. The third-order valence-corrected chi connectivity index (χ3v) is 5.17. The van der Waals surface area contributed by atoms with E-state index in [1.807, 2.05) is 18.2 Å². The van der Waals surface area contributed by atoms with Gasteiger partial charge in [0, 0.05) is 12.5 Å². The summed E-state index contributed by atoms with van der Waals surface area (Å²) in [6.45, 7) is 2.57. The van der Waals surface area contributed by atoms with Gasteiger partial charge in [0.05, 0.1) is 0 Å². The second-order valence-corrected chi connectivity index (χ2v) is 7.07. The largest absolute Gasteiger partial charge is 0.368 e. The normalized spacial score (nSPS) is 18.7. The number of nitrogens with zero attached hydrogens (tertiary/aromatic N) is 2. The first-order valence-electron chi connectivity index (χ1n) is 9.30. The van der Waals surface area contributed by atoms with Crippen LogP contribution in [0.15, 0.2) is 72.8 Å². The van der Waals surface area contributed by atoms with Gasteiger partial charge >= 0.3 is 12.0 Å². The molecule has 7 heteroatoms. The van der Waals surface area contributed by atoms with E-state index in [1.54, 1.807) is 54.6 Å². The third-order valence-electron chi connectivity index (χ3n) is 5.17. The highest BCUT2D eigenvalue weighted by Gasteiger charge is 2.60. The van der Waals surface area contributed by atoms with Crippen molar-refractivity contribution in [3.63, 3.8) is 0 Å². The summed E-state index contributed by atoms with van der Waals surface area (Å²) >= 11 is 0. The molecule has 0 bridgehead atoms. The van der Waals surface area contributed by atoms with E-state index >= 15 is 0 Å². The molecule has 1 heterocycles. The zero-order valence-electron chi connectivity index (χ0n) is 16.4. The molecule has 0 N–H and O–H groups in total. The van der Waals surface area contributed by atoms with Crippen LogP contribution >= 0.6 is 0 Å². The molecule has 4 amide bonds. The predicted molar refractivity (Wildman–Crippen MR) is 108 cm³/mol. The molecular formula is C23H18N2O5. The van der Waals surface area contributed by atoms with Gasteiger partial charge in [-0.15, -0.1) is 5.06 Å². The first kappa shape index (κ1) is 19.3. The topological polar surface area (TPSA) is 84.0 Å². The summed E-state index contributed by atoms with van der Waals surface area (Å²) in [5.74, 6) is -2.35. The van der Waals surface area contributed by atoms with Crippen LogP contribution in [-0.4, -0.2) is 33.8 Å². The Kier molecular flexibility index (Phi) is 4.58. The molecule has 0 radical (unpaired) electrons. The van der Waals surface area contributed by atoms with Gasteiger partial charge in [0.1, 0.15) is 0 Å². The van der Waals surface area contributed by atoms with Gasteiger partial charge in [0.15, 0.2) is 5.54 Å². The van der Waals surface area contributed by atoms with Crippen LogP contribution in [0.2, 0.25) is 0 Å². The van der Waals surface area contributed by atoms with Crippen LogP contribution in [0.3, 0.4) is 0 Å². The molecule has 150 valence electrons. The molecule has 0 saturated carbocycles. The van der Waals surface area contributed by atoms with Crippen molar-refractivity contribution in [1.82, 2.24) is 9.96 Å². The molecule has 3 aromatic carbocycles. The lowest BCUT2D eigenvalue weighted by Crippen LogP contribution is -2.45. The van der Waals surface area contributed by atoms with Crippen molar-refractivity contribution in [2.75, 3.05) is 0 Å². The second-order valence-electron chi connectivity index (χ2n) is 7.07. The van der Waals surface area contributed by atoms with Gasteiger partial charge in [-0.25, -0.2) is 4.79 Å². The Bertz CT molecular complexity index is 1190. The number of hydrogen-bond acceptors (Lipinski definition) is 5. The summed E-state index contributed by atoms with van der Waals surface area (Å²) < 4.78 is 0. The van der Waals surface area contributed by atoms with Crippen molar-refractivity contribution in [1.29, 1.82) is 0 Å². The summed E-state index contributed by atoms with van der Waals surface area (Å²) in [5.41, 5.74) is -1.06. The maximum Gasteiger partial charge on any atom is 0.368 e. The molecule has 1 atom stereocenters. The van der Waals surface area contributed by atoms with Crippen LogP contribution in [0, 0.1) is 0 Å². The van der Waals surface area contributed by atoms with Gasteiger partial charge in [-0.1, -0.05) is 66.7 Å². The molecule has 1 saturated heterocycles. The van der Waals surface area contributed by atoms with E-state index in [-0.39, 0.29) is 5.56 Å². The van der Waals surface area contributed by atoms with E-state index in [0.717, 1.165) is 12.3 Å². The Morgan fingerprint density at radius 1 is 0.867 bits per heavy atom. The predicted octanol–water partition coefficient (Wildman–Crippen LogP) is 3.64. The number of benzene rings is 3. The van der Waals surface area contributed by atoms with E-state index in [2.05, 4.69) is 0 Å². The minimum absolute atomic E-state index is 0.204. The standard InChI is InChI=1S/C23H18N2O5/c1-15(26)30-25-22(29)24(21(28)23(25,2)17-11-4-3-5-12-17)20(27)19-14-8-10-16-9-6-7-13-18(16)19/h3-14H,1-2H3. The monoisotopic (exact) mass is 402 g/mol. The number of carbonyl (C=O) groups is 4. The van der Waals surface area contributed by atoms with Gasteiger partial charge in [0.2, 0.25) is 0 Å². The summed E-state index contributed by atoms with van der Waals surface area (Å²) in [5, 5.41) is 2.08. The molecule has 1 aliphatic rings. The lowest BCUT2D eigenvalue weighted by atomic mass is 9.91. The number of fused-ring (bicyclic) bond motifs is 1. The zero-order valence-corrected chi connectivity index (χ0v) is 16.4. The first-order valence-corrected chi connectivity index (χ1v) is 9.30. The number of hydroxylamine groups is 2. The minimum atomic E-state index is -1.68. The number of rotatable bonds is 3. The molecule has 0 aliphatic carbocycles. The van der Waals surface area contributed by atoms with Crippen LogP contribution in [0.25, 0.3) is 10.8 Å². The van der Waals surface area contributed by atoms with Crippen LogP contribution in [0.1, 0.15) is 29.8 Å². The fraction of sp³-hybridized carbons (Fsp3) is 0.130. The zero-order chi connectivity index (χ0) is 21.5. The first-order chi connectivity index (χ1) is 14.4. The van der Waals surface area contributed by atoms with E-state index in [0.29, 0.717) is 20.9 Å². The molecule has 1 aliphatic heterocycles. The van der Waals surface area contributed by atoms with Crippen molar-refractivity contribution < 1.29 is 24.0 Å². The number of carbonyl (C=O) groups excluding carboxylic acids is 4. The van der Waals surface area contributed by atoms with Crippen molar-refractivity contribution in [3.05, 3.63) is 83.9 Å². The smallest absolute Gasteiger partial charge is 0.336 e. The third kappa shape index (κ3) is 2.83. The molecule has 3 aromatic rings. The fourth-order valence-corrected chi connectivity index (χ4v) is 3.65. The molecule has 4 rings (SSSR count). The molecule has 1 fully saturated rings. The quantitative estimate of drug-likeness (QED) is 0.493. The number of hydrogen-bond donors (Lipinski definition) is 0. The van der Waals surface area contributed by atoms with Crippen LogP contribution in [0.5, 0.6) is 0 Å².